The van der Waals surface area contributed by atoms with Crippen LogP contribution in [0.4, 0.5) is 0 Å². The van der Waals surface area contributed by atoms with Crippen molar-refractivity contribution >= 4 is 15.9 Å². The van der Waals surface area contributed by atoms with Crippen LogP contribution in [0.2, 0.25) is 0 Å². The van der Waals surface area contributed by atoms with Crippen LogP contribution >= 0.6 is 15.9 Å². The Kier molecular flexibility index (Phi) is 5.98. The minimum Gasteiger partial charge on any atom is -0.488 e. The molecular weight excluding hydrogens is 416 g/mol. The van der Waals surface area contributed by atoms with E-state index in [0.717, 1.165) is 34.0 Å². The minimum absolute atomic E-state index is 0.338. The van der Waals surface area contributed by atoms with Gasteiger partial charge in [0.15, 0.2) is 0 Å². The summed E-state index contributed by atoms with van der Waals surface area (Å²) in [6, 6.07) is 23.9. The fraction of sp³-hybridized carbons (Fsp3) is 0.250. The van der Waals surface area contributed by atoms with Gasteiger partial charge in [0, 0.05) is 0 Å². The van der Waals surface area contributed by atoms with Gasteiger partial charge in [0.05, 0.1) is 6.10 Å². The summed E-state index contributed by atoms with van der Waals surface area (Å²) in [5.74, 6) is 1.71. The first-order valence-electron chi connectivity index (χ1n) is 9.55. The molecule has 0 amide bonds. The van der Waals surface area contributed by atoms with E-state index >= 15 is 0 Å². The third-order valence-electron chi connectivity index (χ3n) is 4.91. The van der Waals surface area contributed by atoms with Gasteiger partial charge in [0.2, 0.25) is 0 Å². The topological polar surface area (TPSA) is 38.7 Å². The van der Waals surface area contributed by atoms with Crippen LogP contribution in [-0.4, -0.2) is 5.11 Å². The number of hydrogen-bond acceptors (Lipinski definition) is 3. The molecule has 1 saturated carbocycles. The maximum atomic E-state index is 10.6. The van der Waals surface area contributed by atoms with Crippen LogP contribution < -0.4 is 9.47 Å². The SMILES string of the molecule is OC(c1cc(OCc2ccccc2)c(Br)c(OCc2ccccc2)c1)C1CC1. The fourth-order valence-electron chi connectivity index (χ4n) is 3.13. The highest BCUT2D eigenvalue weighted by Crippen LogP contribution is 2.45. The van der Waals surface area contributed by atoms with Crippen LogP contribution in [0.1, 0.15) is 35.6 Å². The molecule has 144 valence electrons. The van der Waals surface area contributed by atoms with Crippen molar-refractivity contribution in [2.45, 2.75) is 32.2 Å². The Hall–Kier alpha value is -2.30. The summed E-state index contributed by atoms with van der Waals surface area (Å²) in [5, 5.41) is 10.6. The van der Waals surface area contributed by atoms with Crippen molar-refractivity contribution in [2.75, 3.05) is 0 Å². The van der Waals surface area contributed by atoms with Gasteiger partial charge in [-0.1, -0.05) is 60.7 Å². The molecule has 3 nitrogen and oxygen atoms in total. The second-order valence-electron chi connectivity index (χ2n) is 7.16. The molecule has 1 fully saturated rings. The second-order valence-corrected chi connectivity index (χ2v) is 7.95. The number of aliphatic hydroxyl groups is 1. The highest BCUT2D eigenvalue weighted by atomic mass is 79.9. The Balaban J connectivity index is 1.57. The van der Waals surface area contributed by atoms with Gasteiger partial charge in [-0.25, -0.2) is 0 Å². The van der Waals surface area contributed by atoms with E-state index in [-0.39, 0.29) is 0 Å². The molecule has 1 atom stereocenters. The Labute approximate surface area is 174 Å². The highest BCUT2D eigenvalue weighted by Gasteiger charge is 2.32. The van der Waals surface area contributed by atoms with Gasteiger partial charge in [-0.05, 0) is 63.5 Å². The summed E-state index contributed by atoms with van der Waals surface area (Å²) >= 11 is 3.63. The number of hydrogen-bond donors (Lipinski definition) is 1. The summed E-state index contributed by atoms with van der Waals surface area (Å²) in [5.41, 5.74) is 3.03. The third kappa shape index (κ3) is 4.75. The minimum atomic E-state index is -0.480. The predicted octanol–water partition coefficient (Wildman–Crippen LogP) is 6.05. The van der Waals surface area contributed by atoms with Gasteiger partial charge in [0.1, 0.15) is 29.2 Å². The normalized spacial score (nSPS) is 14.5. The van der Waals surface area contributed by atoms with Crippen LogP contribution in [0.3, 0.4) is 0 Å². The van der Waals surface area contributed by atoms with Crippen LogP contribution in [0.15, 0.2) is 77.3 Å². The predicted molar refractivity (Wildman–Crippen MR) is 113 cm³/mol. The van der Waals surface area contributed by atoms with Crippen molar-refractivity contribution in [3.63, 3.8) is 0 Å². The van der Waals surface area contributed by atoms with Crippen molar-refractivity contribution in [1.29, 1.82) is 0 Å². The second kappa shape index (κ2) is 8.80. The summed E-state index contributed by atoms with van der Waals surface area (Å²) in [6.45, 7) is 0.918. The van der Waals surface area contributed by atoms with Crippen molar-refractivity contribution in [2.24, 2.45) is 5.92 Å². The molecule has 28 heavy (non-hydrogen) atoms. The Morgan fingerprint density at radius 2 is 1.29 bits per heavy atom. The molecule has 0 spiro atoms. The van der Waals surface area contributed by atoms with Crippen LogP contribution in [-0.2, 0) is 13.2 Å². The van der Waals surface area contributed by atoms with E-state index < -0.39 is 6.10 Å². The molecule has 3 aromatic rings. The van der Waals surface area contributed by atoms with E-state index in [1.165, 1.54) is 0 Å². The molecule has 0 bridgehead atoms. The molecule has 0 saturated heterocycles. The largest absolute Gasteiger partial charge is 0.488 e. The maximum Gasteiger partial charge on any atom is 0.138 e. The van der Waals surface area contributed by atoms with E-state index in [4.69, 9.17) is 9.47 Å². The van der Waals surface area contributed by atoms with Gasteiger partial charge in [0.25, 0.3) is 0 Å². The first kappa shape index (κ1) is 19.0. The van der Waals surface area contributed by atoms with Crippen molar-refractivity contribution in [3.05, 3.63) is 94.0 Å². The average molecular weight is 439 g/mol. The van der Waals surface area contributed by atoms with E-state index in [1.807, 2.05) is 72.8 Å². The van der Waals surface area contributed by atoms with E-state index in [9.17, 15) is 5.11 Å². The fourth-order valence-corrected chi connectivity index (χ4v) is 3.59. The monoisotopic (exact) mass is 438 g/mol. The number of halogens is 1. The summed E-state index contributed by atoms with van der Waals surface area (Å²) < 4.78 is 12.9. The zero-order valence-corrected chi connectivity index (χ0v) is 17.1. The lowest BCUT2D eigenvalue weighted by Gasteiger charge is -2.18. The standard InChI is InChI=1S/C24H23BrO3/c25-23-21(27-15-17-7-3-1-4-8-17)13-20(24(26)19-11-12-19)14-22(23)28-16-18-9-5-2-6-10-18/h1-10,13-14,19,24,26H,11-12,15-16H2. The molecule has 0 radical (unpaired) electrons. The number of rotatable bonds is 8. The molecule has 0 aliphatic heterocycles. The molecule has 4 rings (SSSR count). The zero-order valence-electron chi connectivity index (χ0n) is 15.6. The smallest absolute Gasteiger partial charge is 0.138 e. The van der Waals surface area contributed by atoms with Crippen molar-refractivity contribution in [3.8, 4) is 11.5 Å². The lowest BCUT2D eigenvalue weighted by Crippen LogP contribution is -2.04. The maximum absolute atomic E-state index is 10.6. The molecule has 4 heteroatoms. The average Bonchev–Trinajstić information content (AvgIpc) is 3.58. The first-order chi connectivity index (χ1) is 13.7. The Bertz CT molecular complexity index is 843. The van der Waals surface area contributed by atoms with E-state index in [0.29, 0.717) is 30.6 Å². The van der Waals surface area contributed by atoms with Gasteiger partial charge in [-0.2, -0.15) is 0 Å². The molecule has 1 aliphatic carbocycles. The van der Waals surface area contributed by atoms with Crippen LogP contribution in [0, 0.1) is 5.92 Å². The molecule has 1 aliphatic rings. The zero-order chi connectivity index (χ0) is 19.3. The van der Waals surface area contributed by atoms with Crippen molar-refractivity contribution in [1.82, 2.24) is 0 Å². The highest BCUT2D eigenvalue weighted by molar-refractivity contribution is 9.10. The Morgan fingerprint density at radius 1 is 0.821 bits per heavy atom. The summed E-state index contributed by atoms with van der Waals surface area (Å²) in [4.78, 5) is 0. The third-order valence-corrected chi connectivity index (χ3v) is 5.69. The Morgan fingerprint density at radius 3 is 1.71 bits per heavy atom. The van der Waals surface area contributed by atoms with Gasteiger partial charge >= 0.3 is 0 Å². The van der Waals surface area contributed by atoms with Crippen molar-refractivity contribution < 1.29 is 14.6 Å². The lowest BCUT2D eigenvalue weighted by molar-refractivity contribution is 0.152. The molecular formula is C24H23BrO3. The van der Waals surface area contributed by atoms with Gasteiger partial charge < -0.3 is 14.6 Å². The van der Waals surface area contributed by atoms with Gasteiger partial charge in [-0.15, -0.1) is 0 Å². The van der Waals surface area contributed by atoms with E-state index in [2.05, 4.69) is 15.9 Å². The van der Waals surface area contributed by atoms with Crippen LogP contribution in [0.25, 0.3) is 0 Å². The van der Waals surface area contributed by atoms with Crippen LogP contribution in [0.5, 0.6) is 11.5 Å². The summed E-state index contributed by atoms with van der Waals surface area (Å²) in [6.07, 6.45) is 1.65. The molecule has 0 heterocycles. The molecule has 3 aromatic carbocycles. The molecule has 1 N–H and O–H groups in total. The number of ether oxygens (including phenoxy) is 2. The van der Waals surface area contributed by atoms with E-state index in [1.54, 1.807) is 0 Å². The molecule has 1 unspecified atom stereocenters. The van der Waals surface area contributed by atoms with Gasteiger partial charge in [-0.3, -0.25) is 0 Å². The summed E-state index contributed by atoms with van der Waals surface area (Å²) in [7, 11) is 0. The lowest BCUT2D eigenvalue weighted by atomic mass is 10.0. The number of benzene rings is 3. The quantitative estimate of drug-likeness (QED) is 0.465. The molecule has 0 aromatic heterocycles. The first-order valence-corrected chi connectivity index (χ1v) is 10.3. The number of aliphatic hydroxyl groups excluding tert-OH is 1.